The highest BCUT2D eigenvalue weighted by atomic mass is 16.5. The molecule has 0 aromatic heterocycles. The smallest absolute Gasteiger partial charge is 0.257 e. The van der Waals surface area contributed by atoms with Gasteiger partial charge in [-0.15, -0.1) is 0 Å². The Morgan fingerprint density at radius 2 is 1.77 bits per heavy atom. The molecule has 5 heteroatoms. The van der Waals surface area contributed by atoms with Gasteiger partial charge in [0, 0.05) is 32.6 Å². The molecular weight excluding hydrogens is 280 g/mol. The van der Waals surface area contributed by atoms with Crippen LogP contribution in [0.15, 0.2) is 24.3 Å². The molecule has 120 valence electrons. The molecule has 0 unspecified atom stereocenters. The quantitative estimate of drug-likeness (QED) is 0.856. The van der Waals surface area contributed by atoms with E-state index in [1.54, 1.807) is 19.2 Å². The number of nitrogens with zero attached hydrogens (tertiary/aromatic N) is 2. The van der Waals surface area contributed by atoms with E-state index in [4.69, 9.17) is 4.74 Å². The van der Waals surface area contributed by atoms with Gasteiger partial charge in [-0.2, -0.15) is 0 Å². The third kappa shape index (κ3) is 3.78. The maximum Gasteiger partial charge on any atom is 0.257 e. The Morgan fingerprint density at radius 3 is 2.50 bits per heavy atom. The first-order valence-electron chi connectivity index (χ1n) is 7.87. The Kier molecular flexibility index (Phi) is 5.81. The molecule has 1 aromatic rings. The lowest BCUT2D eigenvalue weighted by atomic mass is 10.1. The van der Waals surface area contributed by atoms with E-state index < -0.39 is 0 Å². The van der Waals surface area contributed by atoms with E-state index in [9.17, 15) is 9.59 Å². The number of benzene rings is 1. The Bertz CT molecular complexity index is 530. The summed E-state index contributed by atoms with van der Waals surface area (Å²) in [5.41, 5.74) is 0.582. The summed E-state index contributed by atoms with van der Waals surface area (Å²) in [6.07, 6.45) is 2.26. The molecule has 0 atom stereocenters. The van der Waals surface area contributed by atoms with Gasteiger partial charge in [0.2, 0.25) is 5.91 Å². The van der Waals surface area contributed by atoms with E-state index in [1.165, 1.54) is 0 Å². The van der Waals surface area contributed by atoms with Crippen molar-refractivity contribution in [1.29, 1.82) is 0 Å². The van der Waals surface area contributed by atoms with Crippen molar-refractivity contribution in [2.45, 2.75) is 26.2 Å². The second-order valence-electron chi connectivity index (χ2n) is 5.48. The average Bonchev–Trinajstić information content (AvgIpc) is 2.80. The molecule has 0 aliphatic carbocycles. The molecular formula is C17H24N2O3. The van der Waals surface area contributed by atoms with Gasteiger partial charge in [0.1, 0.15) is 5.75 Å². The lowest BCUT2D eigenvalue weighted by Gasteiger charge is -2.22. The van der Waals surface area contributed by atoms with Crippen LogP contribution in [0.4, 0.5) is 0 Å². The van der Waals surface area contributed by atoms with Crippen LogP contribution in [0.25, 0.3) is 0 Å². The van der Waals surface area contributed by atoms with E-state index in [1.807, 2.05) is 28.9 Å². The summed E-state index contributed by atoms with van der Waals surface area (Å²) in [5.74, 6) is 0.756. The van der Waals surface area contributed by atoms with E-state index in [0.29, 0.717) is 37.4 Å². The molecule has 0 radical (unpaired) electrons. The number of amides is 2. The van der Waals surface area contributed by atoms with Crippen molar-refractivity contribution in [2.75, 3.05) is 33.3 Å². The number of ether oxygens (including phenoxy) is 1. The highest BCUT2D eigenvalue weighted by Crippen LogP contribution is 2.20. The summed E-state index contributed by atoms with van der Waals surface area (Å²) in [6.45, 7) is 4.60. The van der Waals surface area contributed by atoms with Gasteiger partial charge in [-0.25, -0.2) is 0 Å². The summed E-state index contributed by atoms with van der Waals surface area (Å²) in [6, 6.07) is 7.27. The van der Waals surface area contributed by atoms with Gasteiger partial charge in [0.25, 0.3) is 5.91 Å². The fourth-order valence-corrected chi connectivity index (χ4v) is 2.73. The summed E-state index contributed by atoms with van der Waals surface area (Å²) < 4.78 is 5.27. The largest absolute Gasteiger partial charge is 0.496 e. The Labute approximate surface area is 131 Å². The first-order valence-corrected chi connectivity index (χ1v) is 7.87. The minimum absolute atomic E-state index is 0.0257. The predicted molar refractivity (Wildman–Crippen MR) is 85.0 cm³/mol. The number of methoxy groups -OCH3 is 1. The minimum atomic E-state index is -0.0257. The summed E-state index contributed by atoms with van der Waals surface area (Å²) >= 11 is 0. The molecule has 2 amide bonds. The highest BCUT2D eigenvalue weighted by molar-refractivity contribution is 5.97. The van der Waals surface area contributed by atoms with Crippen LogP contribution in [0.1, 0.15) is 36.5 Å². The zero-order valence-electron chi connectivity index (χ0n) is 13.4. The standard InChI is InChI=1S/C17H24N2O3/c1-3-7-16(20)18-10-6-11-19(13-12-18)17(21)14-8-4-5-9-15(14)22-2/h4-5,8-9H,3,6-7,10-13H2,1-2H3. The van der Waals surface area contributed by atoms with Crippen LogP contribution < -0.4 is 4.74 Å². The third-order valence-electron chi connectivity index (χ3n) is 3.94. The van der Waals surface area contributed by atoms with Crippen LogP contribution in [0, 0.1) is 0 Å². The molecule has 0 bridgehead atoms. The third-order valence-corrected chi connectivity index (χ3v) is 3.94. The molecule has 0 spiro atoms. The second kappa shape index (κ2) is 7.82. The number of para-hydroxylation sites is 1. The van der Waals surface area contributed by atoms with Crippen molar-refractivity contribution in [2.24, 2.45) is 0 Å². The van der Waals surface area contributed by atoms with Crippen molar-refractivity contribution in [3.05, 3.63) is 29.8 Å². The van der Waals surface area contributed by atoms with Crippen molar-refractivity contribution in [3.63, 3.8) is 0 Å². The van der Waals surface area contributed by atoms with E-state index in [0.717, 1.165) is 19.4 Å². The average molecular weight is 304 g/mol. The van der Waals surface area contributed by atoms with Gasteiger partial charge in [0.15, 0.2) is 0 Å². The zero-order valence-corrected chi connectivity index (χ0v) is 13.4. The van der Waals surface area contributed by atoms with E-state index in [-0.39, 0.29) is 11.8 Å². The Morgan fingerprint density at radius 1 is 1.09 bits per heavy atom. The fraction of sp³-hybridized carbons (Fsp3) is 0.529. The molecule has 22 heavy (non-hydrogen) atoms. The van der Waals surface area contributed by atoms with Gasteiger partial charge in [-0.05, 0) is 25.0 Å². The molecule has 1 aliphatic rings. The molecule has 0 N–H and O–H groups in total. The van der Waals surface area contributed by atoms with Crippen LogP contribution in [-0.2, 0) is 4.79 Å². The second-order valence-corrected chi connectivity index (χ2v) is 5.48. The molecule has 1 heterocycles. The van der Waals surface area contributed by atoms with Crippen LogP contribution in [-0.4, -0.2) is 54.9 Å². The van der Waals surface area contributed by atoms with Crippen LogP contribution in [0.5, 0.6) is 5.75 Å². The summed E-state index contributed by atoms with van der Waals surface area (Å²) in [7, 11) is 1.57. The highest BCUT2D eigenvalue weighted by Gasteiger charge is 2.23. The van der Waals surface area contributed by atoms with Crippen molar-refractivity contribution < 1.29 is 14.3 Å². The topological polar surface area (TPSA) is 49.9 Å². The maximum absolute atomic E-state index is 12.7. The van der Waals surface area contributed by atoms with Crippen molar-refractivity contribution in [3.8, 4) is 5.75 Å². The number of hydrogen-bond donors (Lipinski definition) is 0. The number of carbonyl (C=O) groups is 2. The Hall–Kier alpha value is -2.04. The lowest BCUT2D eigenvalue weighted by Crippen LogP contribution is -2.37. The molecule has 1 saturated heterocycles. The predicted octanol–water partition coefficient (Wildman–Crippen LogP) is 2.17. The van der Waals surface area contributed by atoms with Crippen molar-refractivity contribution in [1.82, 2.24) is 9.80 Å². The number of carbonyl (C=O) groups excluding carboxylic acids is 2. The van der Waals surface area contributed by atoms with E-state index in [2.05, 4.69) is 0 Å². The molecule has 5 nitrogen and oxygen atoms in total. The monoisotopic (exact) mass is 304 g/mol. The van der Waals surface area contributed by atoms with E-state index >= 15 is 0 Å². The maximum atomic E-state index is 12.7. The molecule has 2 rings (SSSR count). The number of hydrogen-bond acceptors (Lipinski definition) is 3. The van der Waals surface area contributed by atoms with Gasteiger partial charge in [-0.3, -0.25) is 9.59 Å². The first kappa shape index (κ1) is 16.3. The zero-order chi connectivity index (χ0) is 15.9. The molecule has 1 aliphatic heterocycles. The molecule has 0 saturated carbocycles. The minimum Gasteiger partial charge on any atom is -0.496 e. The number of rotatable bonds is 4. The normalized spacial score (nSPS) is 15.4. The van der Waals surface area contributed by atoms with Crippen molar-refractivity contribution >= 4 is 11.8 Å². The summed E-state index contributed by atoms with van der Waals surface area (Å²) in [5, 5.41) is 0. The molecule has 1 fully saturated rings. The first-order chi connectivity index (χ1) is 10.7. The van der Waals surface area contributed by atoms with Gasteiger partial charge >= 0.3 is 0 Å². The SMILES string of the molecule is CCCC(=O)N1CCCN(C(=O)c2ccccc2OC)CC1. The van der Waals surface area contributed by atoms with Gasteiger partial charge in [0.05, 0.1) is 12.7 Å². The van der Waals surface area contributed by atoms with Gasteiger partial charge in [-0.1, -0.05) is 19.1 Å². The fourth-order valence-electron chi connectivity index (χ4n) is 2.73. The van der Waals surface area contributed by atoms with Crippen LogP contribution >= 0.6 is 0 Å². The Balaban J connectivity index is 2.04. The molecule has 1 aromatic carbocycles. The lowest BCUT2D eigenvalue weighted by molar-refractivity contribution is -0.131. The van der Waals surface area contributed by atoms with Gasteiger partial charge < -0.3 is 14.5 Å². The van der Waals surface area contributed by atoms with Crippen LogP contribution in [0.2, 0.25) is 0 Å². The van der Waals surface area contributed by atoms with Crippen LogP contribution in [0.3, 0.4) is 0 Å². The summed E-state index contributed by atoms with van der Waals surface area (Å²) in [4.78, 5) is 28.4.